The fraction of sp³-hybridized carbons (Fsp3) is 0.200. The molecule has 4 heteroatoms. The van der Waals surface area contributed by atoms with E-state index in [0.717, 1.165) is 11.3 Å². The summed E-state index contributed by atoms with van der Waals surface area (Å²) in [6.45, 7) is 1.91. The number of pyridine rings is 1. The molecule has 0 fully saturated rings. The van der Waals surface area contributed by atoms with E-state index in [0.29, 0.717) is 11.4 Å². The zero-order valence-corrected chi connectivity index (χ0v) is 11.3. The molecule has 2 rings (SSSR count). The molecule has 0 unspecified atom stereocenters. The van der Waals surface area contributed by atoms with Crippen LogP contribution in [-0.2, 0) is 0 Å². The maximum atomic E-state index is 12.1. The van der Waals surface area contributed by atoms with E-state index in [1.54, 1.807) is 6.20 Å². The van der Waals surface area contributed by atoms with Gasteiger partial charge in [-0.05, 0) is 42.8 Å². The Balaban J connectivity index is 2.14. The largest absolute Gasteiger partial charge is 0.378 e. The molecule has 0 saturated carbocycles. The van der Waals surface area contributed by atoms with Crippen LogP contribution in [0.2, 0.25) is 0 Å². The van der Waals surface area contributed by atoms with Crippen molar-refractivity contribution in [2.45, 2.75) is 6.92 Å². The molecular formula is C15H17N3O. The number of rotatable bonds is 3. The topological polar surface area (TPSA) is 45.2 Å². The lowest BCUT2D eigenvalue weighted by Gasteiger charge is -2.12. The van der Waals surface area contributed by atoms with E-state index < -0.39 is 0 Å². The third-order valence-electron chi connectivity index (χ3n) is 2.89. The first-order valence-corrected chi connectivity index (χ1v) is 6.08. The van der Waals surface area contributed by atoms with Crippen molar-refractivity contribution in [1.29, 1.82) is 0 Å². The summed E-state index contributed by atoms with van der Waals surface area (Å²) in [5, 5.41) is 2.81. The number of nitrogens with zero attached hydrogens (tertiary/aromatic N) is 2. The molecule has 0 aliphatic heterocycles. The molecule has 1 heterocycles. The molecule has 19 heavy (non-hydrogen) atoms. The molecule has 2 aromatic rings. The molecule has 0 bridgehead atoms. The number of carbonyl (C=O) groups excluding carboxylic acids is 1. The van der Waals surface area contributed by atoms with Crippen molar-refractivity contribution in [2.24, 2.45) is 0 Å². The van der Waals surface area contributed by atoms with Crippen molar-refractivity contribution >= 4 is 17.4 Å². The Bertz CT molecular complexity index is 576. The van der Waals surface area contributed by atoms with Crippen LogP contribution in [0.4, 0.5) is 11.5 Å². The van der Waals surface area contributed by atoms with Gasteiger partial charge in [0.05, 0.1) is 0 Å². The summed E-state index contributed by atoms with van der Waals surface area (Å²) < 4.78 is 0. The molecule has 0 aliphatic carbocycles. The van der Waals surface area contributed by atoms with Crippen molar-refractivity contribution in [3.05, 3.63) is 53.7 Å². The minimum atomic E-state index is -0.146. The summed E-state index contributed by atoms with van der Waals surface area (Å²) >= 11 is 0. The van der Waals surface area contributed by atoms with Crippen LogP contribution in [0.15, 0.2) is 42.6 Å². The zero-order valence-electron chi connectivity index (χ0n) is 11.3. The molecule has 1 aromatic carbocycles. The summed E-state index contributed by atoms with van der Waals surface area (Å²) in [6, 6.07) is 11.2. The highest BCUT2D eigenvalue weighted by molar-refractivity contribution is 6.04. The Hall–Kier alpha value is -2.36. The molecule has 0 saturated heterocycles. The summed E-state index contributed by atoms with van der Waals surface area (Å²) in [4.78, 5) is 18.2. The van der Waals surface area contributed by atoms with E-state index in [4.69, 9.17) is 0 Å². The lowest BCUT2D eigenvalue weighted by Crippen LogP contribution is -2.14. The highest BCUT2D eigenvalue weighted by atomic mass is 16.1. The van der Waals surface area contributed by atoms with E-state index >= 15 is 0 Å². The molecule has 0 spiro atoms. The Kier molecular flexibility index (Phi) is 3.80. The van der Waals surface area contributed by atoms with Crippen LogP contribution in [0.5, 0.6) is 0 Å². The van der Waals surface area contributed by atoms with Gasteiger partial charge in [-0.3, -0.25) is 4.79 Å². The third-order valence-corrected chi connectivity index (χ3v) is 2.89. The molecular weight excluding hydrogens is 238 g/mol. The van der Waals surface area contributed by atoms with Crippen LogP contribution in [-0.4, -0.2) is 25.0 Å². The second-order valence-corrected chi connectivity index (χ2v) is 4.56. The molecule has 4 nitrogen and oxygen atoms in total. The molecule has 1 N–H and O–H groups in total. The number of hydrogen-bond acceptors (Lipinski definition) is 3. The highest BCUT2D eigenvalue weighted by Crippen LogP contribution is 2.15. The lowest BCUT2D eigenvalue weighted by molar-refractivity contribution is 0.102. The van der Waals surface area contributed by atoms with Crippen LogP contribution in [0.25, 0.3) is 0 Å². The summed E-state index contributed by atoms with van der Waals surface area (Å²) in [7, 11) is 3.93. The maximum Gasteiger partial charge on any atom is 0.256 e. The van der Waals surface area contributed by atoms with Gasteiger partial charge in [-0.25, -0.2) is 4.98 Å². The van der Waals surface area contributed by atoms with Gasteiger partial charge < -0.3 is 10.2 Å². The van der Waals surface area contributed by atoms with Crippen molar-refractivity contribution in [1.82, 2.24) is 4.98 Å². The van der Waals surface area contributed by atoms with E-state index in [9.17, 15) is 4.79 Å². The fourth-order valence-electron chi connectivity index (χ4n) is 1.71. The van der Waals surface area contributed by atoms with Gasteiger partial charge in [0.25, 0.3) is 5.91 Å². The van der Waals surface area contributed by atoms with E-state index in [-0.39, 0.29) is 5.91 Å². The van der Waals surface area contributed by atoms with Crippen LogP contribution in [0, 0.1) is 6.92 Å². The normalized spacial score (nSPS) is 10.1. The van der Waals surface area contributed by atoms with Gasteiger partial charge in [0, 0.05) is 31.5 Å². The van der Waals surface area contributed by atoms with Gasteiger partial charge in [-0.2, -0.15) is 0 Å². The summed E-state index contributed by atoms with van der Waals surface area (Å²) in [5.41, 5.74) is 2.63. The molecule has 0 atom stereocenters. The van der Waals surface area contributed by atoms with Gasteiger partial charge in [0.2, 0.25) is 0 Å². The number of amides is 1. The minimum Gasteiger partial charge on any atom is -0.378 e. The first kappa shape index (κ1) is 13.1. The monoisotopic (exact) mass is 255 g/mol. The standard InChI is InChI=1S/C15H17N3O/c1-11-5-4-10-16-14(11)17-15(19)12-6-8-13(9-7-12)18(2)3/h4-10H,1-3H3,(H,16,17,19). The first-order chi connectivity index (χ1) is 9.08. The van der Waals surface area contributed by atoms with E-state index in [1.165, 1.54) is 0 Å². The average Bonchev–Trinajstić information content (AvgIpc) is 2.41. The second-order valence-electron chi connectivity index (χ2n) is 4.56. The predicted octanol–water partition coefficient (Wildman–Crippen LogP) is 2.71. The summed E-state index contributed by atoms with van der Waals surface area (Å²) in [6.07, 6.45) is 1.66. The Morgan fingerprint density at radius 2 is 1.84 bits per heavy atom. The van der Waals surface area contributed by atoms with E-state index in [1.807, 2.05) is 62.3 Å². The van der Waals surface area contributed by atoms with Crippen molar-refractivity contribution < 1.29 is 4.79 Å². The second kappa shape index (κ2) is 5.52. The first-order valence-electron chi connectivity index (χ1n) is 6.08. The summed E-state index contributed by atoms with van der Waals surface area (Å²) in [5.74, 6) is 0.455. The smallest absolute Gasteiger partial charge is 0.256 e. The number of carbonyl (C=O) groups is 1. The highest BCUT2D eigenvalue weighted by Gasteiger charge is 2.08. The Labute approximate surface area is 113 Å². The van der Waals surface area contributed by atoms with Gasteiger partial charge in [-0.15, -0.1) is 0 Å². The number of nitrogens with one attached hydrogen (secondary N) is 1. The number of benzene rings is 1. The predicted molar refractivity (Wildman–Crippen MR) is 77.7 cm³/mol. The molecule has 1 aromatic heterocycles. The van der Waals surface area contributed by atoms with E-state index in [2.05, 4.69) is 10.3 Å². The quantitative estimate of drug-likeness (QED) is 0.917. The Morgan fingerprint density at radius 1 is 1.16 bits per heavy atom. The average molecular weight is 255 g/mol. The van der Waals surface area contributed by atoms with Gasteiger partial charge in [0.1, 0.15) is 5.82 Å². The number of aryl methyl sites for hydroxylation is 1. The fourth-order valence-corrected chi connectivity index (χ4v) is 1.71. The van der Waals surface area contributed by atoms with Gasteiger partial charge in [-0.1, -0.05) is 6.07 Å². The molecule has 98 valence electrons. The van der Waals surface area contributed by atoms with Crippen molar-refractivity contribution in [3.63, 3.8) is 0 Å². The van der Waals surface area contributed by atoms with Crippen LogP contribution < -0.4 is 10.2 Å². The Morgan fingerprint density at radius 3 is 2.42 bits per heavy atom. The SMILES string of the molecule is Cc1cccnc1NC(=O)c1ccc(N(C)C)cc1. The number of anilines is 2. The van der Waals surface area contributed by atoms with Crippen LogP contribution in [0.1, 0.15) is 15.9 Å². The minimum absolute atomic E-state index is 0.146. The number of aromatic nitrogens is 1. The molecule has 0 aliphatic rings. The number of hydrogen-bond donors (Lipinski definition) is 1. The molecule has 1 amide bonds. The van der Waals surface area contributed by atoms with Gasteiger partial charge >= 0.3 is 0 Å². The van der Waals surface area contributed by atoms with Crippen LogP contribution in [0.3, 0.4) is 0 Å². The van der Waals surface area contributed by atoms with Crippen LogP contribution >= 0.6 is 0 Å². The lowest BCUT2D eigenvalue weighted by atomic mass is 10.2. The van der Waals surface area contributed by atoms with Crippen molar-refractivity contribution in [3.8, 4) is 0 Å². The molecule has 0 radical (unpaired) electrons. The van der Waals surface area contributed by atoms with Crippen molar-refractivity contribution in [2.75, 3.05) is 24.3 Å². The maximum absolute atomic E-state index is 12.1. The zero-order chi connectivity index (χ0) is 13.8. The van der Waals surface area contributed by atoms with Gasteiger partial charge in [0.15, 0.2) is 0 Å². The third kappa shape index (κ3) is 3.10.